The number of halogens is 3. The number of amides is 8. The number of nitrogens with zero attached hydrogens (tertiary/aromatic N) is 3. The maximum atomic E-state index is 14.5. The number of alkyl carbamates (subject to hydrolysis) is 1. The van der Waals surface area contributed by atoms with Crippen LogP contribution in [0.2, 0.25) is 5.02 Å². The Morgan fingerprint density at radius 3 is 2.35 bits per heavy atom. The minimum absolute atomic E-state index is 0.0558. The molecule has 1 aromatic heterocycles. The van der Waals surface area contributed by atoms with Crippen LogP contribution in [-0.2, 0) is 58.9 Å². The Labute approximate surface area is 564 Å². The van der Waals surface area contributed by atoms with E-state index >= 15 is 0 Å². The van der Waals surface area contributed by atoms with Crippen molar-refractivity contribution in [2.75, 3.05) is 55.7 Å². The summed E-state index contributed by atoms with van der Waals surface area (Å²) in [5.74, 6) is -4.89. The van der Waals surface area contributed by atoms with Crippen molar-refractivity contribution in [2.45, 2.75) is 173 Å². The number of allylic oxidation sites excluding steroid dienone is 3. The number of esters is 2. The van der Waals surface area contributed by atoms with Gasteiger partial charge in [-0.1, -0.05) is 88.0 Å². The lowest BCUT2D eigenvalue weighted by atomic mass is 9.83. The van der Waals surface area contributed by atoms with Gasteiger partial charge in [0.2, 0.25) is 23.6 Å². The molecule has 6 rings (SSSR count). The van der Waals surface area contributed by atoms with Crippen LogP contribution in [0.3, 0.4) is 0 Å². The topological polar surface area (TPSA) is 338 Å². The number of anilines is 2. The van der Waals surface area contributed by atoms with Crippen LogP contribution in [0, 0.1) is 17.8 Å². The number of likely N-dealkylation sites (N-methyl/N-ethyl adjacent to an activating group) is 1. The first-order chi connectivity index (χ1) is 43.8. The number of hydrogen-bond donors (Lipinski definition) is 7. The van der Waals surface area contributed by atoms with Crippen molar-refractivity contribution in [1.82, 2.24) is 31.2 Å². The van der Waals surface area contributed by atoms with E-state index in [0.29, 0.717) is 58.7 Å². The summed E-state index contributed by atoms with van der Waals surface area (Å²) < 4.78 is 35.4. The number of aliphatic hydroxyl groups is 1. The number of urea groups is 1. The molecule has 4 bridgehead atoms. The number of rotatable bonds is 25. The average Bonchev–Trinajstić information content (AvgIpc) is 1.58. The van der Waals surface area contributed by atoms with Crippen LogP contribution in [0.15, 0.2) is 66.3 Å². The molecule has 4 heterocycles. The molecule has 8 N–H and O–H groups in total. The molecule has 2 aromatic carbocycles. The number of unbranched alkanes of at least 4 members (excludes halogenated alkanes) is 1. The minimum Gasteiger partial charge on any atom is -0.495 e. The first-order valence-corrected chi connectivity index (χ1v) is 33.5. The maximum absolute atomic E-state index is 14.5. The van der Waals surface area contributed by atoms with Crippen molar-refractivity contribution >= 4 is 119 Å². The second-order valence-electron chi connectivity index (χ2n) is 25.1. The van der Waals surface area contributed by atoms with Crippen LogP contribution in [0.4, 0.5) is 21.1 Å². The zero-order valence-electron chi connectivity index (χ0n) is 54.7. The van der Waals surface area contributed by atoms with E-state index in [0.717, 1.165) is 11.1 Å². The molecule has 25 nitrogen and oxygen atoms in total. The molecule has 0 radical (unpaired) electrons. The number of aromatic nitrogens is 1. The van der Waals surface area contributed by atoms with Crippen molar-refractivity contribution in [3.8, 4) is 5.75 Å². The van der Waals surface area contributed by atoms with Gasteiger partial charge in [0.05, 0.1) is 36.8 Å². The molecular weight excluding hydrogens is 1360 g/mol. The lowest BCUT2D eigenvalue weighted by Crippen LogP contribution is -2.63. The summed E-state index contributed by atoms with van der Waals surface area (Å²) in [6.07, 6.45) is 2.01. The van der Waals surface area contributed by atoms with E-state index in [4.69, 9.17) is 45.8 Å². The number of carbonyl (C=O) groups is 9. The number of epoxide rings is 1. The van der Waals surface area contributed by atoms with E-state index in [9.17, 15) is 48.3 Å². The molecule has 8 amide bonds. The summed E-state index contributed by atoms with van der Waals surface area (Å²) in [4.78, 5) is 129. The Hall–Kier alpha value is -6.91. The molecule has 2 saturated heterocycles. The number of pyridine rings is 1. The molecule has 93 heavy (non-hydrogen) atoms. The summed E-state index contributed by atoms with van der Waals surface area (Å²) in [6, 6.07) is 7.07. The van der Waals surface area contributed by atoms with Crippen molar-refractivity contribution in [3.05, 3.63) is 82.4 Å². The molecule has 3 aromatic rings. The highest BCUT2D eigenvalue weighted by Gasteiger charge is 2.64. The quantitative estimate of drug-likeness (QED) is 0.0141. The Balaban J connectivity index is 1.15. The van der Waals surface area contributed by atoms with Gasteiger partial charge < -0.3 is 70.3 Å². The second-order valence-corrected chi connectivity index (χ2v) is 26.8. The molecule has 0 aliphatic carbocycles. The van der Waals surface area contributed by atoms with Gasteiger partial charge in [-0.3, -0.25) is 34.1 Å². The van der Waals surface area contributed by atoms with E-state index in [1.807, 2.05) is 26.8 Å². The average molecular weight is 1450 g/mol. The zero-order chi connectivity index (χ0) is 68.9. The van der Waals surface area contributed by atoms with Crippen LogP contribution in [0.1, 0.15) is 123 Å². The fraction of sp³-hybridized carbons (Fsp3) is 0.569. The number of fused-ring (bicyclic) bond motifs is 6. The maximum Gasteiger partial charge on any atom is 0.409 e. The summed E-state index contributed by atoms with van der Waals surface area (Å²) >= 11 is 13.5. The highest BCUT2D eigenvalue weighted by molar-refractivity contribution is 9.09. The van der Waals surface area contributed by atoms with Gasteiger partial charge in [0.1, 0.15) is 64.2 Å². The fourth-order valence-corrected chi connectivity index (χ4v) is 13.1. The van der Waals surface area contributed by atoms with Gasteiger partial charge in [-0.25, -0.2) is 19.4 Å². The van der Waals surface area contributed by atoms with Gasteiger partial charge in [0, 0.05) is 68.1 Å². The second kappa shape index (κ2) is 33.0. The SMILES string of the molecule is COc1cc2cc(c1Cl)N(C)C(=O)C[C@H](OC(=O)[C@H](C)N(C)C(=O)c1ccc3nc(NC(=O)[C@H](CCCNC(N)=O)NC(=O)[C@@H](NC(=O)CCCCC(C)(C)OC(=O)C(CBr)CBr)C(C)C)ccc3c1)[C@]1(C)O[C@H]1[C@H](C)[C@@H]1C[C@@](O)(NC(=O)O1)[C@H](OC)/C=C/C=C(\C)C2. The highest BCUT2D eigenvalue weighted by Crippen LogP contribution is 2.49. The number of hydrogen-bond acceptors (Lipinski definition) is 17. The molecule has 28 heteroatoms. The Morgan fingerprint density at radius 2 is 1.70 bits per heavy atom. The summed E-state index contributed by atoms with van der Waals surface area (Å²) in [5, 5.41) is 26.8. The summed E-state index contributed by atoms with van der Waals surface area (Å²) in [6.45, 7) is 14.0. The van der Waals surface area contributed by atoms with Crippen molar-refractivity contribution in [1.29, 1.82) is 0 Å². The first-order valence-electron chi connectivity index (χ1n) is 30.8. The third-order valence-electron chi connectivity index (χ3n) is 17.0. The van der Waals surface area contributed by atoms with Crippen LogP contribution in [0.5, 0.6) is 5.75 Å². The van der Waals surface area contributed by atoms with E-state index in [1.54, 1.807) is 70.2 Å². The van der Waals surface area contributed by atoms with Gasteiger partial charge in [0.25, 0.3) is 5.91 Å². The molecular formula is C65H88Br2ClN9O16. The van der Waals surface area contributed by atoms with Crippen molar-refractivity contribution < 1.29 is 76.7 Å². The molecule has 2 fully saturated rings. The standard InChI is InChI=1S/C65H88Br2ClN9O16/c1-35(2)54(74-51(78)20-13-14-25-63(6,7)93-60(84)42(33-66)34-67)57(81)72-44(18-16-26-70-61(69)85)56(80)73-50-24-22-40-30-41(21-23-43(40)71-50)58(82)76(9)38(5)59(83)91-49-31-52(79)77(10)45-28-39(29-46(88-11)53(45)68)27-36(3)17-15-19-48(89-12)65(87)32-47(90-62(86)75-65)37(4)55-64(49,8)92-55/h15,17,19,21-24,28-30,35,37-38,42,44,47-49,54-55,87H,13-14,16,18,20,25-27,31-34H2,1-12H3,(H,72,81)(H,74,78)(H,75,86)(H3,69,70,85)(H,71,73,80)/b19-15+,36-17+/t37-,38+,44+,47+,48-,49+,54+,55+,64+,65+/m1/s1. The lowest BCUT2D eigenvalue weighted by Gasteiger charge is -2.42. The largest absolute Gasteiger partial charge is 0.495 e. The molecule has 0 spiro atoms. The smallest absolute Gasteiger partial charge is 0.409 e. The number of benzene rings is 2. The lowest BCUT2D eigenvalue weighted by molar-refractivity contribution is -0.161. The highest BCUT2D eigenvalue weighted by atomic mass is 79.9. The number of carbonyl (C=O) groups excluding carboxylic acids is 9. The monoisotopic (exact) mass is 1440 g/mol. The number of primary amides is 1. The molecule has 3 aliphatic rings. The van der Waals surface area contributed by atoms with Crippen LogP contribution in [0.25, 0.3) is 10.9 Å². The summed E-state index contributed by atoms with van der Waals surface area (Å²) in [5.41, 5.74) is 3.72. The van der Waals surface area contributed by atoms with Gasteiger partial charge in [0.15, 0.2) is 5.72 Å². The first kappa shape index (κ1) is 75.1. The van der Waals surface area contributed by atoms with E-state index in [-0.39, 0.29) is 72.3 Å². The molecule has 0 saturated carbocycles. The molecule has 0 unspecified atom stereocenters. The summed E-state index contributed by atoms with van der Waals surface area (Å²) in [7, 11) is 5.82. The van der Waals surface area contributed by atoms with Crippen LogP contribution >= 0.6 is 43.5 Å². The van der Waals surface area contributed by atoms with Gasteiger partial charge >= 0.3 is 24.1 Å². The van der Waals surface area contributed by atoms with Crippen LogP contribution in [-0.4, -0.2) is 174 Å². The van der Waals surface area contributed by atoms with E-state index < -0.39 is 114 Å². The predicted octanol–water partition coefficient (Wildman–Crippen LogP) is 7.68. The number of nitrogens with one attached hydrogen (secondary N) is 5. The Kier molecular flexibility index (Phi) is 26.6. The van der Waals surface area contributed by atoms with Gasteiger partial charge in [-0.2, -0.15) is 0 Å². The number of ether oxygens (including phenoxy) is 6. The molecule has 10 atom stereocenters. The normalized spacial score (nSPS) is 23.5. The third-order valence-corrected chi connectivity index (χ3v) is 19.0. The zero-order valence-corrected chi connectivity index (χ0v) is 58.6. The van der Waals surface area contributed by atoms with Crippen molar-refractivity contribution in [2.24, 2.45) is 23.5 Å². The number of alkyl halides is 2. The number of methoxy groups -OCH3 is 2. The molecule has 510 valence electrons. The Morgan fingerprint density at radius 1 is 0.989 bits per heavy atom. The van der Waals surface area contributed by atoms with Crippen molar-refractivity contribution in [3.63, 3.8) is 0 Å². The Bertz CT molecular complexity index is 3310. The van der Waals surface area contributed by atoms with Gasteiger partial charge in [-0.05, 0) is 127 Å². The minimum atomic E-state index is -1.91. The number of nitrogens with two attached hydrogens (primary N) is 1. The van der Waals surface area contributed by atoms with Gasteiger partial charge in [-0.15, -0.1) is 0 Å². The van der Waals surface area contributed by atoms with E-state index in [2.05, 4.69) is 63.4 Å². The van der Waals surface area contributed by atoms with Crippen LogP contribution < -0.4 is 42.0 Å². The predicted molar refractivity (Wildman–Crippen MR) is 356 cm³/mol. The molecule has 3 aliphatic heterocycles. The van der Waals surface area contributed by atoms with E-state index in [1.165, 1.54) is 57.2 Å². The third kappa shape index (κ3) is 19.8. The fourth-order valence-electron chi connectivity index (χ4n) is 11.2.